The summed E-state index contributed by atoms with van der Waals surface area (Å²) in [7, 11) is 0. The van der Waals surface area contributed by atoms with Crippen LogP contribution in [0.4, 0.5) is 0 Å². The molecule has 60 valence electrons. The highest BCUT2D eigenvalue weighted by Gasteiger charge is 1.97. The van der Waals surface area contributed by atoms with Crippen LogP contribution in [-0.4, -0.2) is 8.76 Å². The second-order valence-corrected chi connectivity index (χ2v) is 3.15. The van der Waals surface area contributed by atoms with Crippen molar-refractivity contribution in [3.8, 4) is 5.75 Å². The average Bonchev–Trinajstić information content (AvgIpc) is 1.93. The van der Waals surface area contributed by atoms with Gasteiger partial charge in [0.05, 0.1) is 4.47 Å². The number of para-hydroxylation sites is 1. The number of hydrogen-bond donors (Lipinski definition) is 0. The number of rotatable bonds is 2. The van der Waals surface area contributed by atoms with Crippen LogP contribution in [0.25, 0.3) is 0 Å². The summed E-state index contributed by atoms with van der Waals surface area (Å²) < 4.78 is 25.2. The van der Waals surface area contributed by atoms with Crippen molar-refractivity contribution in [1.82, 2.24) is 0 Å². The summed E-state index contributed by atoms with van der Waals surface area (Å²) in [5, 5.41) is 0. The molecule has 0 radical (unpaired) electrons. The Morgan fingerprint density at radius 3 is 2.64 bits per heavy atom. The average molecular weight is 236 g/mol. The van der Waals surface area contributed by atoms with Crippen molar-refractivity contribution in [2.45, 2.75) is 0 Å². The van der Waals surface area contributed by atoms with Crippen molar-refractivity contribution in [1.29, 1.82) is 0 Å². The molecule has 0 fully saturated rings. The van der Waals surface area contributed by atoms with Gasteiger partial charge < -0.3 is 8.74 Å². The summed E-state index contributed by atoms with van der Waals surface area (Å²) in [5.41, 5.74) is 0. The lowest BCUT2D eigenvalue weighted by Gasteiger charge is -2.07. The maximum atomic E-state index is 10.1. The van der Waals surface area contributed by atoms with E-state index in [2.05, 4.69) is 20.1 Å². The van der Waals surface area contributed by atoms with E-state index >= 15 is 0 Å². The highest BCUT2D eigenvalue weighted by atomic mass is 79.9. The molecule has 0 bridgehead atoms. The van der Waals surface area contributed by atoms with Gasteiger partial charge in [-0.15, -0.1) is 0 Å². The van der Waals surface area contributed by atoms with Gasteiger partial charge >= 0.3 is 0 Å². The van der Waals surface area contributed by atoms with Crippen molar-refractivity contribution in [2.24, 2.45) is 0 Å². The van der Waals surface area contributed by atoms with E-state index in [4.69, 9.17) is 0 Å². The van der Waals surface area contributed by atoms with Gasteiger partial charge in [-0.2, -0.15) is 0 Å². The van der Waals surface area contributed by atoms with Gasteiger partial charge in [-0.3, -0.25) is 0 Å². The van der Waals surface area contributed by atoms with E-state index < -0.39 is 11.4 Å². The van der Waals surface area contributed by atoms with Crippen LogP contribution in [0.15, 0.2) is 28.7 Å². The van der Waals surface area contributed by atoms with E-state index in [9.17, 15) is 8.76 Å². The topological polar surface area (TPSA) is 49.4 Å². The third kappa shape index (κ3) is 2.61. The van der Waals surface area contributed by atoms with Gasteiger partial charge in [-0.1, -0.05) is 12.1 Å². The fourth-order valence-electron chi connectivity index (χ4n) is 0.586. The van der Waals surface area contributed by atoms with Crippen molar-refractivity contribution in [3.63, 3.8) is 0 Å². The summed E-state index contributed by atoms with van der Waals surface area (Å²) in [6.45, 7) is 0. The molecule has 1 aromatic carbocycles. The first-order chi connectivity index (χ1) is 5.20. The van der Waals surface area contributed by atoms with Gasteiger partial charge in [0.25, 0.3) is 0 Å². The standard InChI is InChI=1S/C6H5BrO3S/c7-5-3-1-2-4-6(5)10-11(8)9/h1-4H,(H,8,9)/p-1. The van der Waals surface area contributed by atoms with Crippen LogP contribution in [0, 0.1) is 0 Å². The minimum Gasteiger partial charge on any atom is -0.740 e. The van der Waals surface area contributed by atoms with Gasteiger partial charge in [-0.25, -0.2) is 4.21 Å². The molecule has 0 saturated carbocycles. The Morgan fingerprint density at radius 2 is 2.09 bits per heavy atom. The zero-order valence-corrected chi connectivity index (χ0v) is 7.72. The molecule has 0 amide bonds. The fraction of sp³-hybridized carbons (Fsp3) is 0. The Kier molecular flexibility index (Phi) is 3.04. The Morgan fingerprint density at radius 1 is 1.45 bits per heavy atom. The monoisotopic (exact) mass is 235 g/mol. The zero-order valence-electron chi connectivity index (χ0n) is 5.32. The van der Waals surface area contributed by atoms with Crippen molar-refractivity contribution >= 4 is 27.3 Å². The zero-order chi connectivity index (χ0) is 8.27. The summed E-state index contributed by atoms with van der Waals surface area (Å²) in [5.74, 6) is 0.292. The lowest BCUT2D eigenvalue weighted by molar-refractivity contribution is 0.439. The van der Waals surface area contributed by atoms with Crippen molar-refractivity contribution in [2.75, 3.05) is 0 Å². The second-order valence-electron chi connectivity index (χ2n) is 1.72. The Balaban J connectivity index is 2.86. The molecule has 0 spiro atoms. The summed E-state index contributed by atoms with van der Waals surface area (Å²) in [6, 6.07) is 6.71. The summed E-state index contributed by atoms with van der Waals surface area (Å²) in [4.78, 5) is 0. The molecule has 1 rings (SSSR count). The Bertz CT molecular complexity index is 276. The van der Waals surface area contributed by atoms with Gasteiger partial charge in [0.1, 0.15) is 11.4 Å². The van der Waals surface area contributed by atoms with Gasteiger partial charge in [-0.05, 0) is 28.1 Å². The molecule has 0 aromatic heterocycles. The predicted octanol–water partition coefficient (Wildman–Crippen LogP) is 1.62. The second kappa shape index (κ2) is 3.85. The Hall–Kier alpha value is -0.390. The minimum atomic E-state index is -2.51. The molecule has 3 nitrogen and oxygen atoms in total. The van der Waals surface area contributed by atoms with Crippen LogP contribution in [-0.2, 0) is 11.4 Å². The smallest absolute Gasteiger partial charge is 0.153 e. The van der Waals surface area contributed by atoms with Crippen LogP contribution in [0.3, 0.4) is 0 Å². The van der Waals surface area contributed by atoms with E-state index in [1.54, 1.807) is 24.3 Å². The molecule has 1 aromatic rings. The van der Waals surface area contributed by atoms with E-state index in [0.29, 0.717) is 10.2 Å². The fourth-order valence-corrected chi connectivity index (χ4v) is 1.35. The van der Waals surface area contributed by atoms with Gasteiger partial charge in [0, 0.05) is 0 Å². The molecule has 1 unspecified atom stereocenters. The van der Waals surface area contributed by atoms with Crippen LogP contribution >= 0.6 is 15.9 Å². The summed E-state index contributed by atoms with van der Waals surface area (Å²) >= 11 is 0.620. The predicted molar refractivity (Wildman–Crippen MR) is 43.7 cm³/mol. The number of benzene rings is 1. The largest absolute Gasteiger partial charge is 0.740 e. The first kappa shape index (κ1) is 8.70. The molecule has 0 N–H and O–H groups in total. The molecule has 0 saturated heterocycles. The molecule has 0 aliphatic carbocycles. The number of halogens is 1. The first-order valence-corrected chi connectivity index (χ1v) is 4.51. The highest BCUT2D eigenvalue weighted by Crippen LogP contribution is 2.23. The van der Waals surface area contributed by atoms with Gasteiger partial charge in [0.2, 0.25) is 0 Å². The Labute approximate surface area is 75.0 Å². The normalized spacial score (nSPS) is 12.5. The molecule has 5 heteroatoms. The molecular weight excluding hydrogens is 232 g/mol. The molecule has 11 heavy (non-hydrogen) atoms. The highest BCUT2D eigenvalue weighted by molar-refractivity contribution is 9.10. The van der Waals surface area contributed by atoms with Crippen LogP contribution in [0.1, 0.15) is 0 Å². The maximum absolute atomic E-state index is 10.1. The maximum Gasteiger partial charge on any atom is 0.153 e. The van der Waals surface area contributed by atoms with Crippen LogP contribution in [0.5, 0.6) is 5.75 Å². The summed E-state index contributed by atoms with van der Waals surface area (Å²) in [6.07, 6.45) is 0. The lowest BCUT2D eigenvalue weighted by atomic mass is 10.3. The lowest BCUT2D eigenvalue weighted by Crippen LogP contribution is -1.97. The van der Waals surface area contributed by atoms with Gasteiger partial charge in [0.15, 0.2) is 5.75 Å². The van der Waals surface area contributed by atoms with E-state index in [1.165, 1.54) is 0 Å². The quantitative estimate of drug-likeness (QED) is 0.733. The molecular formula is C6H4BrO3S-. The van der Waals surface area contributed by atoms with Crippen LogP contribution in [0.2, 0.25) is 0 Å². The van der Waals surface area contributed by atoms with Crippen molar-refractivity contribution < 1.29 is 12.9 Å². The first-order valence-electron chi connectivity index (χ1n) is 2.72. The third-order valence-electron chi connectivity index (χ3n) is 0.994. The van der Waals surface area contributed by atoms with E-state index in [0.717, 1.165) is 0 Å². The van der Waals surface area contributed by atoms with E-state index in [1.807, 2.05) is 0 Å². The van der Waals surface area contributed by atoms with E-state index in [-0.39, 0.29) is 0 Å². The molecule has 1 atom stereocenters. The minimum absolute atomic E-state index is 0.292. The molecule has 0 heterocycles. The molecule has 0 aliphatic heterocycles. The third-order valence-corrected chi connectivity index (χ3v) is 1.97. The number of hydrogen-bond acceptors (Lipinski definition) is 3. The van der Waals surface area contributed by atoms with Crippen LogP contribution < -0.4 is 4.18 Å². The SMILES string of the molecule is O=S([O-])Oc1ccccc1Br. The molecule has 0 aliphatic rings. The van der Waals surface area contributed by atoms with Crippen molar-refractivity contribution in [3.05, 3.63) is 28.7 Å².